The summed E-state index contributed by atoms with van der Waals surface area (Å²) in [5, 5.41) is 12.7. The molecule has 2 N–H and O–H groups in total. The van der Waals surface area contributed by atoms with Gasteiger partial charge in [-0.05, 0) is 25.1 Å². The van der Waals surface area contributed by atoms with Gasteiger partial charge in [0.15, 0.2) is 0 Å². The average molecular weight is 243 g/mol. The molecule has 94 valence electrons. The van der Waals surface area contributed by atoms with E-state index in [1.54, 1.807) is 19.2 Å². The number of nitrogens with one attached hydrogen (secondary N) is 1. The van der Waals surface area contributed by atoms with Gasteiger partial charge in [-0.15, -0.1) is 0 Å². The maximum Gasteiger partial charge on any atom is 0.123 e. The Morgan fingerprint density at radius 1 is 1.17 bits per heavy atom. The second kappa shape index (κ2) is 5.45. The number of anilines is 1. The molecule has 2 aromatic carbocycles. The van der Waals surface area contributed by atoms with Crippen molar-refractivity contribution in [2.45, 2.75) is 13.5 Å². The van der Waals surface area contributed by atoms with Crippen LogP contribution in [0.1, 0.15) is 11.1 Å². The lowest BCUT2D eigenvalue weighted by atomic mass is 10.1. The molecule has 0 atom stereocenters. The molecule has 3 nitrogen and oxygen atoms in total. The molecule has 0 unspecified atom stereocenters. The highest BCUT2D eigenvalue weighted by Gasteiger charge is 2.03. The summed E-state index contributed by atoms with van der Waals surface area (Å²) in [7, 11) is 1.67. The monoisotopic (exact) mass is 243 g/mol. The van der Waals surface area contributed by atoms with Gasteiger partial charge in [0.2, 0.25) is 0 Å². The van der Waals surface area contributed by atoms with E-state index in [0.717, 1.165) is 17.0 Å². The second-order valence-corrected chi connectivity index (χ2v) is 4.22. The van der Waals surface area contributed by atoms with Crippen LogP contribution in [0.2, 0.25) is 0 Å². The van der Waals surface area contributed by atoms with Gasteiger partial charge in [0.05, 0.1) is 7.11 Å². The summed E-state index contributed by atoms with van der Waals surface area (Å²) in [4.78, 5) is 0. The van der Waals surface area contributed by atoms with Crippen molar-refractivity contribution in [2.75, 3.05) is 12.4 Å². The fourth-order valence-electron chi connectivity index (χ4n) is 1.86. The molecule has 0 amide bonds. The Hall–Kier alpha value is -2.16. The predicted molar refractivity (Wildman–Crippen MR) is 73.2 cm³/mol. The van der Waals surface area contributed by atoms with Gasteiger partial charge in [0.25, 0.3) is 0 Å². The molecule has 0 bridgehead atoms. The van der Waals surface area contributed by atoms with E-state index >= 15 is 0 Å². The van der Waals surface area contributed by atoms with Crippen LogP contribution in [0.15, 0.2) is 42.5 Å². The van der Waals surface area contributed by atoms with Crippen molar-refractivity contribution in [1.29, 1.82) is 0 Å². The van der Waals surface area contributed by atoms with E-state index in [1.807, 2.05) is 24.3 Å². The minimum absolute atomic E-state index is 0.260. The predicted octanol–water partition coefficient (Wildman–Crippen LogP) is 3.32. The molecule has 0 aromatic heterocycles. The molecule has 0 fully saturated rings. The number of rotatable bonds is 4. The Kier molecular flexibility index (Phi) is 3.72. The molecule has 2 aromatic rings. The number of aromatic hydroxyl groups is 1. The van der Waals surface area contributed by atoms with Gasteiger partial charge >= 0.3 is 0 Å². The van der Waals surface area contributed by atoms with Crippen LogP contribution in [-0.2, 0) is 6.54 Å². The lowest BCUT2D eigenvalue weighted by molar-refractivity contribution is 0.410. The molecule has 0 aliphatic rings. The molecule has 3 heteroatoms. The van der Waals surface area contributed by atoms with Crippen LogP contribution >= 0.6 is 0 Å². The van der Waals surface area contributed by atoms with Gasteiger partial charge in [0.1, 0.15) is 11.5 Å². The van der Waals surface area contributed by atoms with E-state index in [-0.39, 0.29) is 5.75 Å². The maximum atomic E-state index is 9.39. The fraction of sp³-hybridized carbons (Fsp3) is 0.200. The van der Waals surface area contributed by atoms with Gasteiger partial charge in [-0.3, -0.25) is 0 Å². The molecule has 0 aliphatic carbocycles. The number of ether oxygens (including phenoxy) is 1. The van der Waals surface area contributed by atoms with Crippen molar-refractivity contribution in [1.82, 2.24) is 0 Å². The zero-order valence-corrected chi connectivity index (χ0v) is 10.6. The Balaban J connectivity index is 2.12. The third-order valence-electron chi connectivity index (χ3n) is 2.77. The van der Waals surface area contributed by atoms with E-state index < -0.39 is 0 Å². The zero-order chi connectivity index (χ0) is 13.0. The summed E-state index contributed by atoms with van der Waals surface area (Å²) in [5.74, 6) is 1.13. The summed E-state index contributed by atoms with van der Waals surface area (Å²) in [6.07, 6.45) is 0. The van der Waals surface area contributed by atoms with E-state index in [9.17, 15) is 5.11 Å². The van der Waals surface area contributed by atoms with E-state index in [0.29, 0.717) is 6.54 Å². The number of benzene rings is 2. The van der Waals surface area contributed by atoms with Crippen molar-refractivity contribution in [2.24, 2.45) is 0 Å². The van der Waals surface area contributed by atoms with Gasteiger partial charge in [-0.2, -0.15) is 0 Å². The van der Waals surface area contributed by atoms with Crippen LogP contribution in [0.3, 0.4) is 0 Å². The summed E-state index contributed by atoms with van der Waals surface area (Å²) < 4.78 is 5.32. The molecule has 18 heavy (non-hydrogen) atoms. The lowest BCUT2D eigenvalue weighted by Crippen LogP contribution is -2.02. The van der Waals surface area contributed by atoms with Gasteiger partial charge < -0.3 is 15.2 Å². The Bertz CT molecular complexity index is 538. The SMILES string of the molecule is COc1ccc(C)cc1CNc1cccc(O)c1. The van der Waals surface area contributed by atoms with E-state index in [1.165, 1.54) is 5.56 Å². The molecule has 0 saturated carbocycles. The normalized spacial score (nSPS) is 10.1. The molecule has 2 rings (SSSR count). The average Bonchev–Trinajstić information content (AvgIpc) is 2.37. The van der Waals surface area contributed by atoms with Crippen LogP contribution in [0.4, 0.5) is 5.69 Å². The zero-order valence-electron chi connectivity index (χ0n) is 10.6. The van der Waals surface area contributed by atoms with Crippen molar-refractivity contribution >= 4 is 5.69 Å². The first-order valence-electron chi connectivity index (χ1n) is 5.85. The van der Waals surface area contributed by atoms with Crippen LogP contribution in [0.25, 0.3) is 0 Å². The van der Waals surface area contributed by atoms with Crippen molar-refractivity contribution in [3.8, 4) is 11.5 Å². The molecular formula is C15H17NO2. The van der Waals surface area contributed by atoms with Crippen molar-refractivity contribution in [3.63, 3.8) is 0 Å². The number of methoxy groups -OCH3 is 1. The van der Waals surface area contributed by atoms with Crippen LogP contribution in [0, 0.1) is 6.92 Å². The van der Waals surface area contributed by atoms with Crippen molar-refractivity contribution < 1.29 is 9.84 Å². The molecule has 0 aliphatic heterocycles. The van der Waals surface area contributed by atoms with Crippen molar-refractivity contribution in [3.05, 3.63) is 53.6 Å². The minimum atomic E-state index is 0.260. The fourth-order valence-corrected chi connectivity index (χ4v) is 1.86. The summed E-state index contributed by atoms with van der Waals surface area (Å²) in [6, 6.07) is 13.2. The first-order chi connectivity index (χ1) is 8.69. The Morgan fingerprint density at radius 3 is 2.72 bits per heavy atom. The van der Waals surface area contributed by atoms with Gasteiger partial charge in [-0.25, -0.2) is 0 Å². The lowest BCUT2D eigenvalue weighted by Gasteiger charge is -2.11. The smallest absolute Gasteiger partial charge is 0.123 e. The second-order valence-electron chi connectivity index (χ2n) is 4.22. The number of phenolic OH excluding ortho intramolecular Hbond substituents is 1. The van der Waals surface area contributed by atoms with Gasteiger partial charge in [0, 0.05) is 23.9 Å². The first-order valence-corrected chi connectivity index (χ1v) is 5.85. The standard InChI is InChI=1S/C15H17NO2/c1-11-6-7-15(18-2)12(8-11)10-16-13-4-3-5-14(17)9-13/h3-9,16-17H,10H2,1-2H3. The summed E-state index contributed by atoms with van der Waals surface area (Å²) in [6.45, 7) is 2.71. The van der Waals surface area contributed by atoms with Crippen LogP contribution in [0.5, 0.6) is 11.5 Å². The number of phenols is 1. The molecular weight excluding hydrogens is 226 g/mol. The highest BCUT2D eigenvalue weighted by atomic mass is 16.5. The highest BCUT2D eigenvalue weighted by Crippen LogP contribution is 2.22. The molecule has 0 spiro atoms. The number of hydrogen-bond donors (Lipinski definition) is 2. The molecule has 0 radical (unpaired) electrons. The van der Waals surface area contributed by atoms with E-state index in [2.05, 4.69) is 18.3 Å². The quantitative estimate of drug-likeness (QED) is 0.865. The van der Waals surface area contributed by atoms with E-state index in [4.69, 9.17) is 4.74 Å². The largest absolute Gasteiger partial charge is 0.508 e. The first kappa shape index (κ1) is 12.3. The third-order valence-corrected chi connectivity index (χ3v) is 2.77. The Labute approximate surface area is 107 Å². The summed E-state index contributed by atoms with van der Waals surface area (Å²) >= 11 is 0. The summed E-state index contributed by atoms with van der Waals surface area (Å²) in [5.41, 5.74) is 3.18. The van der Waals surface area contributed by atoms with Crippen LogP contribution in [-0.4, -0.2) is 12.2 Å². The number of aryl methyl sites for hydroxylation is 1. The van der Waals surface area contributed by atoms with Gasteiger partial charge in [-0.1, -0.05) is 23.8 Å². The minimum Gasteiger partial charge on any atom is -0.508 e. The maximum absolute atomic E-state index is 9.39. The third kappa shape index (κ3) is 2.94. The Morgan fingerprint density at radius 2 is 2.00 bits per heavy atom. The number of hydrogen-bond acceptors (Lipinski definition) is 3. The highest BCUT2D eigenvalue weighted by molar-refractivity contribution is 5.49. The molecule has 0 saturated heterocycles. The molecule has 0 heterocycles. The van der Waals surface area contributed by atoms with Crippen LogP contribution < -0.4 is 10.1 Å². The topological polar surface area (TPSA) is 41.5 Å².